The first-order chi connectivity index (χ1) is 9.32. The highest BCUT2D eigenvalue weighted by molar-refractivity contribution is 5.99. The molecule has 0 aliphatic heterocycles. The first-order valence-electron chi connectivity index (χ1n) is 6.57. The van der Waals surface area contributed by atoms with Crippen LogP contribution in [0.5, 0.6) is 0 Å². The number of carbonyl (C=O) groups excluding carboxylic acids is 1. The van der Waals surface area contributed by atoms with E-state index in [4.69, 9.17) is 10.8 Å². The third kappa shape index (κ3) is 4.22. The van der Waals surface area contributed by atoms with Gasteiger partial charge in [-0.1, -0.05) is 6.92 Å². The van der Waals surface area contributed by atoms with Gasteiger partial charge in [0.15, 0.2) is 0 Å². The van der Waals surface area contributed by atoms with E-state index in [1.807, 2.05) is 13.8 Å². The number of carboxylic acids is 1. The van der Waals surface area contributed by atoms with Gasteiger partial charge in [-0.15, -0.1) is 0 Å². The van der Waals surface area contributed by atoms with Gasteiger partial charge in [0, 0.05) is 12.2 Å². The molecule has 1 atom stereocenters. The smallest absolute Gasteiger partial charge is 0.306 e. The number of nitrogens with two attached hydrogens (primary N) is 1. The van der Waals surface area contributed by atoms with Crippen molar-refractivity contribution in [3.63, 3.8) is 0 Å². The Kier molecular flexibility index (Phi) is 5.49. The molecular formula is C14H21N3O3. The summed E-state index contributed by atoms with van der Waals surface area (Å²) in [6, 6.07) is 1.80. The standard InChI is InChI=1S/C14H21N3O3/c1-8(14(19)20)5-4-6-16-13-11(12(15)18)9(2)7-10(3)17-13/h7-8H,4-6H2,1-3H3,(H2,15,18)(H,16,17)(H,19,20). The first-order valence-corrected chi connectivity index (χ1v) is 6.57. The number of aromatic nitrogens is 1. The summed E-state index contributed by atoms with van der Waals surface area (Å²) in [5.41, 5.74) is 7.34. The predicted octanol–water partition coefficient (Wildman–Crippen LogP) is 1.71. The molecule has 1 heterocycles. The Morgan fingerprint density at radius 2 is 2.10 bits per heavy atom. The maximum Gasteiger partial charge on any atom is 0.306 e. The van der Waals surface area contributed by atoms with E-state index < -0.39 is 11.9 Å². The largest absolute Gasteiger partial charge is 0.481 e. The van der Waals surface area contributed by atoms with Crippen LogP contribution >= 0.6 is 0 Å². The number of amides is 1. The molecule has 0 fully saturated rings. The number of nitrogens with one attached hydrogen (secondary N) is 1. The molecule has 0 saturated carbocycles. The molecule has 4 N–H and O–H groups in total. The molecule has 20 heavy (non-hydrogen) atoms. The number of pyridine rings is 1. The molecule has 6 nitrogen and oxygen atoms in total. The second kappa shape index (κ2) is 6.88. The highest BCUT2D eigenvalue weighted by Gasteiger charge is 2.14. The lowest BCUT2D eigenvalue weighted by Crippen LogP contribution is -2.18. The van der Waals surface area contributed by atoms with Crippen LogP contribution < -0.4 is 11.1 Å². The van der Waals surface area contributed by atoms with E-state index in [0.29, 0.717) is 30.8 Å². The number of hydrogen-bond acceptors (Lipinski definition) is 4. The summed E-state index contributed by atoms with van der Waals surface area (Å²) < 4.78 is 0. The summed E-state index contributed by atoms with van der Waals surface area (Å²) in [6.07, 6.45) is 1.25. The fourth-order valence-corrected chi connectivity index (χ4v) is 2.01. The molecule has 1 amide bonds. The first kappa shape index (κ1) is 15.9. The minimum absolute atomic E-state index is 0.375. The van der Waals surface area contributed by atoms with Gasteiger partial charge in [0.2, 0.25) is 0 Å². The number of carbonyl (C=O) groups is 2. The van der Waals surface area contributed by atoms with E-state index in [-0.39, 0.29) is 5.92 Å². The summed E-state index contributed by atoms with van der Waals surface area (Å²) in [6.45, 7) is 5.88. The molecular weight excluding hydrogens is 258 g/mol. The lowest BCUT2D eigenvalue weighted by Gasteiger charge is -2.13. The predicted molar refractivity (Wildman–Crippen MR) is 76.8 cm³/mol. The second-order valence-electron chi connectivity index (χ2n) is 4.98. The van der Waals surface area contributed by atoms with Crippen molar-refractivity contribution in [3.05, 3.63) is 22.9 Å². The lowest BCUT2D eigenvalue weighted by atomic mass is 10.1. The second-order valence-corrected chi connectivity index (χ2v) is 4.98. The zero-order chi connectivity index (χ0) is 15.3. The van der Waals surface area contributed by atoms with E-state index in [1.54, 1.807) is 13.0 Å². The number of rotatable bonds is 7. The van der Waals surface area contributed by atoms with Crippen molar-refractivity contribution in [2.75, 3.05) is 11.9 Å². The van der Waals surface area contributed by atoms with Crippen molar-refractivity contribution in [3.8, 4) is 0 Å². The van der Waals surface area contributed by atoms with Crippen LogP contribution in [0, 0.1) is 19.8 Å². The number of aryl methyl sites for hydroxylation is 2. The normalized spacial score (nSPS) is 11.9. The third-order valence-corrected chi connectivity index (χ3v) is 3.12. The minimum Gasteiger partial charge on any atom is -0.481 e. The van der Waals surface area contributed by atoms with Crippen LogP contribution in [0.4, 0.5) is 5.82 Å². The van der Waals surface area contributed by atoms with Crippen molar-refractivity contribution in [1.82, 2.24) is 4.98 Å². The van der Waals surface area contributed by atoms with Crippen molar-refractivity contribution in [2.24, 2.45) is 11.7 Å². The molecule has 0 radical (unpaired) electrons. The lowest BCUT2D eigenvalue weighted by molar-refractivity contribution is -0.141. The van der Waals surface area contributed by atoms with Gasteiger partial charge >= 0.3 is 5.97 Å². The number of carboxylic acid groups (broad SMARTS) is 1. The highest BCUT2D eigenvalue weighted by Crippen LogP contribution is 2.18. The van der Waals surface area contributed by atoms with Crippen molar-refractivity contribution >= 4 is 17.7 Å². The maximum absolute atomic E-state index is 11.4. The molecule has 0 saturated heterocycles. The number of hydrogen-bond donors (Lipinski definition) is 3. The summed E-state index contributed by atoms with van der Waals surface area (Å²) in [5, 5.41) is 11.9. The molecule has 0 bridgehead atoms. The molecule has 0 aliphatic carbocycles. The minimum atomic E-state index is -0.799. The Morgan fingerprint density at radius 1 is 1.45 bits per heavy atom. The topological polar surface area (TPSA) is 105 Å². The molecule has 1 aromatic rings. The molecule has 0 aromatic carbocycles. The van der Waals surface area contributed by atoms with Crippen molar-refractivity contribution in [1.29, 1.82) is 0 Å². The quantitative estimate of drug-likeness (QED) is 0.659. The summed E-state index contributed by atoms with van der Waals surface area (Å²) in [7, 11) is 0. The summed E-state index contributed by atoms with van der Waals surface area (Å²) in [5.74, 6) is -1.22. The zero-order valence-corrected chi connectivity index (χ0v) is 12.1. The van der Waals surface area contributed by atoms with Gasteiger partial charge in [0.25, 0.3) is 5.91 Å². The summed E-state index contributed by atoms with van der Waals surface area (Å²) in [4.78, 5) is 26.4. The van der Waals surface area contributed by atoms with Crippen LogP contribution in [0.2, 0.25) is 0 Å². The Balaban J connectivity index is 2.68. The van der Waals surface area contributed by atoms with Gasteiger partial charge in [0.1, 0.15) is 5.82 Å². The van der Waals surface area contributed by atoms with E-state index >= 15 is 0 Å². The van der Waals surface area contributed by atoms with Crippen LogP contribution in [0.25, 0.3) is 0 Å². The van der Waals surface area contributed by atoms with Gasteiger partial charge in [-0.2, -0.15) is 0 Å². The van der Waals surface area contributed by atoms with Crippen LogP contribution in [-0.2, 0) is 4.79 Å². The number of anilines is 1. The van der Waals surface area contributed by atoms with Gasteiger partial charge in [-0.3, -0.25) is 9.59 Å². The maximum atomic E-state index is 11.4. The Bertz CT molecular complexity index is 515. The van der Waals surface area contributed by atoms with Gasteiger partial charge < -0.3 is 16.2 Å². The van der Waals surface area contributed by atoms with E-state index in [0.717, 1.165) is 11.3 Å². The molecule has 0 spiro atoms. The van der Waals surface area contributed by atoms with E-state index in [9.17, 15) is 9.59 Å². The summed E-state index contributed by atoms with van der Waals surface area (Å²) >= 11 is 0. The molecule has 0 aliphatic rings. The fourth-order valence-electron chi connectivity index (χ4n) is 2.01. The molecule has 6 heteroatoms. The molecule has 110 valence electrons. The molecule has 1 aromatic heterocycles. The zero-order valence-electron chi connectivity index (χ0n) is 12.1. The average Bonchev–Trinajstić information content (AvgIpc) is 2.32. The van der Waals surface area contributed by atoms with Crippen LogP contribution in [0.3, 0.4) is 0 Å². The third-order valence-electron chi connectivity index (χ3n) is 3.12. The van der Waals surface area contributed by atoms with Crippen molar-refractivity contribution in [2.45, 2.75) is 33.6 Å². The fraction of sp³-hybridized carbons (Fsp3) is 0.500. The highest BCUT2D eigenvalue weighted by atomic mass is 16.4. The number of primary amides is 1. The van der Waals surface area contributed by atoms with E-state index in [2.05, 4.69) is 10.3 Å². The Hall–Kier alpha value is -2.11. The molecule has 1 rings (SSSR count). The SMILES string of the molecule is Cc1cc(C)c(C(N)=O)c(NCCCC(C)C(=O)O)n1. The molecule has 1 unspecified atom stereocenters. The van der Waals surface area contributed by atoms with Gasteiger partial charge in [-0.25, -0.2) is 4.98 Å². The van der Waals surface area contributed by atoms with Crippen LogP contribution in [0.15, 0.2) is 6.07 Å². The van der Waals surface area contributed by atoms with Crippen molar-refractivity contribution < 1.29 is 14.7 Å². The van der Waals surface area contributed by atoms with Crippen LogP contribution in [-0.4, -0.2) is 28.5 Å². The van der Waals surface area contributed by atoms with Crippen LogP contribution in [0.1, 0.15) is 41.4 Å². The van der Waals surface area contributed by atoms with Gasteiger partial charge in [0.05, 0.1) is 11.5 Å². The van der Waals surface area contributed by atoms with Gasteiger partial charge in [-0.05, 0) is 38.3 Å². The average molecular weight is 279 g/mol. The Labute approximate surface area is 118 Å². The number of aliphatic carboxylic acids is 1. The Morgan fingerprint density at radius 3 is 2.65 bits per heavy atom. The van der Waals surface area contributed by atoms with E-state index in [1.165, 1.54) is 0 Å². The number of nitrogens with zero attached hydrogens (tertiary/aromatic N) is 1. The monoisotopic (exact) mass is 279 g/mol.